The second-order valence-corrected chi connectivity index (χ2v) is 4.53. The first-order valence-corrected chi connectivity index (χ1v) is 5.45. The van der Waals surface area contributed by atoms with E-state index in [2.05, 4.69) is 15.9 Å². The van der Waals surface area contributed by atoms with E-state index in [9.17, 15) is 9.90 Å². The van der Waals surface area contributed by atoms with E-state index in [0.717, 1.165) is 0 Å². The molecule has 1 unspecified atom stereocenters. The molecule has 0 radical (unpaired) electrons. The van der Waals surface area contributed by atoms with E-state index in [1.807, 2.05) is 0 Å². The lowest BCUT2D eigenvalue weighted by molar-refractivity contribution is -0.156. The Morgan fingerprint density at radius 3 is 2.69 bits per heavy atom. The molecule has 5 heteroatoms. The van der Waals surface area contributed by atoms with Crippen molar-refractivity contribution in [2.45, 2.75) is 18.9 Å². The number of methoxy groups -OCH3 is 1. The predicted octanol–water partition coefficient (Wildman–Crippen LogP) is 1.84. The van der Waals surface area contributed by atoms with Crippen LogP contribution in [0.25, 0.3) is 0 Å². The summed E-state index contributed by atoms with van der Waals surface area (Å²) in [5.74, 6) is -0.707. The van der Waals surface area contributed by atoms with Crippen molar-refractivity contribution < 1.29 is 19.7 Å². The van der Waals surface area contributed by atoms with E-state index >= 15 is 0 Å². The number of benzene rings is 1. The summed E-state index contributed by atoms with van der Waals surface area (Å²) in [6.45, 7) is 1.26. The van der Waals surface area contributed by atoms with Crippen LogP contribution in [0.15, 0.2) is 22.7 Å². The highest BCUT2D eigenvalue weighted by molar-refractivity contribution is 9.10. The van der Waals surface area contributed by atoms with E-state index in [-0.39, 0.29) is 6.42 Å². The van der Waals surface area contributed by atoms with Crippen molar-refractivity contribution in [2.75, 3.05) is 7.11 Å². The lowest BCUT2D eigenvalue weighted by Gasteiger charge is -2.20. The molecule has 1 aromatic carbocycles. The number of carbonyl (C=O) groups is 1. The molecule has 0 bridgehead atoms. The molecule has 88 valence electrons. The van der Waals surface area contributed by atoms with Crippen LogP contribution in [0.3, 0.4) is 0 Å². The molecular weight excluding hydrogens is 276 g/mol. The largest absolute Gasteiger partial charge is 0.496 e. The summed E-state index contributed by atoms with van der Waals surface area (Å²) in [6.07, 6.45) is -0.0209. The monoisotopic (exact) mass is 288 g/mol. The van der Waals surface area contributed by atoms with Crippen LogP contribution in [-0.2, 0) is 11.2 Å². The predicted molar refractivity (Wildman–Crippen MR) is 62.7 cm³/mol. The number of aliphatic carboxylic acids is 1. The topological polar surface area (TPSA) is 66.8 Å². The number of carboxylic acids is 1. The number of hydrogen-bond donors (Lipinski definition) is 2. The molecule has 0 aromatic heterocycles. The van der Waals surface area contributed by atoms with Gasteiger partial charge in [0.15, 0.2) is 5.60 Å². The van der Waals surface area contributed by atoms with Gasteiger partial charge in [0.05, 0.1) is 7.11 Å². The minimum atomic E-state index is -1.81. The van der Waals surface area contributed by atoms with Crippen molar-refractivity contribution in [1.82, 2.24) is 0 Å². The number of halogens is 1. The van der Waals surface area contributed by atoms with Gasteiger partial charge in [0.2, 0.25) is 0 Å². The first kappa shape index (κ1) is 13.0. The fourth-order valence-electron chi connectivity index (χ4n) is 1.32. The smallest absolute Gasteiger partial charge is 0.335 e. The highest BCUT2D eigenvalue weighted by Crippen LogP contribution is 2.30. The van der Waals surface area contributed by atoms with Crippen LogP contribution in [0.5, 0.6) is 5.75 Å². The van der Waals surface area contributed by atoms with Crippen LogP contribution in [-0.4, -0.2) is 28.9 Å². The average Bonchev–Trinajstić information content (AvgIpc) is 2.20. The van der Waals surface area contributed by atoms with Crippen LogP contribution >= 0.6 is 15.9 Å². The Morgan fingerprint density at radius 2 is 2.19 bits per heavy atom. The van der Waals surface area contributed by atoms with E-state index < -0.39 is 11.6 Å². The van der Waals surface area contributed by atoms with E-state index in [1.54, 1.807) is 18.2 Å². The summed E-state index contributed by atoms with van der Waals surface area (Å²) in [7, 11) is 1.50. The van der Waals surface area contributed by atoms with Gasteiger partial charge in [-0.25, -0.2) is 4.79 Å². The van der Waals surface area contributed by atoms with Crippen molar-refractivity contribution in [3.05, 3.63) is 28.2 Å². The third kappa shape index (κ3) is 2.74. The Balaban J connectivity index is 3.09. The van der Waals surface area contributed by atoms with Crippen molar-refractivity contribution in [3.63, 3.8) is 0 Å². The molecule has 0 amide bonds. The van der Waals surface area contributed by atoms with Crippen molar-refractivity contribution >= 4 is 21.9 Å². The Morgan fingerprint density at radius 1 is 1.56 bits per heavy atom. The van der Waals surface area contributed by atoms with Gasteiger partial charge < -0.3 is 14.9 Å². The molecule has 1 rings (SSSR count). The zero-order chi connectivity index (χ0) is 12.3. The SMILES string of the molecule is COc1cccc(Br)c1CC(C)(O)C(=O)O. The van der Waals surface area contributed by atoms with Gasteiger partial charge in [0.1, 0.15) is 5.75 Å². The van der Waals surface area contributed by atoms with Gasteiger partial charge in [-0.3, -0.25) is 0 Å². The maximum absolute atomic E-state index is 10.8. The number of rotatable bonds is 4. The molecule has 0 aliphatic heterocycles. The summed E-state index contributed by atoms with van der Waals surface area (Å²) in [6, 6.07) is 5.27. The van der Waals surface area contributed by atoms with Crippen molar-refractivity contribution in [2.24, 2.45) is 0 Å². The summed E-state index contributed by atoms with van der Waals surface area (Å²) in [5, 5.41) is 18.6. The van der Waals surface area contributed by atoms with E-state index in [1.165, 1.54) is 14.0 Å². The van der Waals surface area contributed by atoms with Gasteiger partial charge in [0.25, 0.3) is 0 Å². The van der Waals surface area contributed by atoms with Gasteiger partial charge in [0, 0.05) is 16.5 Å². The molecule has 1 atom stereocenters. The van der Waals surface area contributed by atoms with Gasteiger partial charge in [-0.05, 0) is 19.1 Å². The van der Waals surface area contributed by atoms with E-state index in [0.29, 0.717) is 15.8 Å². The van der Waals surface area contributed by atoms with E-state index in [4.69, 9.17) is 9.84 Å². The van der Waals surface area contributed by atoms with Crippen LogP contribution in [0.2, 0.25) is 0 Å². The molecule has 0 saturated heterocycles. The number of ether oxygens (including phenoxy) is 1. The molecular formula is C11H13BrO4. The van der Waals surface area contributed by atoms with Crippen LogP contribution in [0.1, 0.15) is 12.5 Å². The van der Waals surface area contributed by atoms with Crippen LogP contribution in [0, 0.1) is 0 Å². The summed E-state index contributed by atoms with van der Waals surface area (Å²) in [5.41, 5.74) is -1.17. The number of carboxylic acid groups (broad SMARTS) is 1. The van der Waals surface area contributed by atoms with Gasteiger partial charge >= 0.3 is 5.97 Å². The first-order valence-electron chi connectivity index (χ1n) is 4.65. The first-order chi connectivity index (χ1) is 7.38. The Hall–Kier alpha value is -1.07. The summed E-state index contributed by atoms with van der Waals surface area (Å²) in [4.78, 5) is 10.8. The maximum Gasteiger partial charge on any atom is 0.335 e. The Bertz CT molecular complexity index is 401. The van der Waals surface area contributed by atoms with Crippen molar-refractivity contribution in [3.8, 4) is 5.75 Å². The molecule has 2 N–H and O–H groups in total. The zero-order valence-electron chi connectivity index (χ0n) is 9.03. The highest BCUT2D eigenvalue weighted by atomic mass is 79.9. The second kappa shape index (κ2) is 4.84. The van der Waals surface area contributed by atoms with Gasteiger partial charge in [-0.2, -0.15) is 0 Å². The number of hydrogen-bond acceptors (Lipinski definition) is 3. The second-order valence-electron chi connectivity index (χ2n) is 3.68. The molecule has 0 fully saturated rings. The molecule has 4 nitrogen and oxygen atoms in total. The fourth-order valence-corrected chi connectivity index (χ4v) is 1.81. The molecule has 0 aliphatic rings. The lowest BCUT2D eigenvalue weighted by Crippen LogP contribution is -2.37. The standard InChI is InChI=1S/C11H13BrO4/c1-11(15,10(13)14)6-7-8(12)4-3-5-9(7)16-2/h3-5,15H,6H2,1-2H3,(H,13,14). The molecule has 16 heavy (non-hydrogen) atoms. The minimum absolute atomic E-state index is 0.0209. The molecule has 1 aromatic rings. The molecule has 0 saturated carbocycles. The normalized spacial score (nSPS) is 14.2. The van der Waals surface area contributed by atoms with Crippen molar-refractivity contribution in [1.29, 1.82) is 0 Å². The summed E-state index contributed by atoms with van der Waals surface area (Å²) < 4.78 is 5.83. The molecule has 0 aliphatic carbocycles. The number of aliphatic hydroxyl groups is 1. The highest BCUT2D eigenvalue weighted by Gasteiger charge is 2.32. The minimum Gasteiger partial charge on any atom is -0.496 e. The third-order valence-corrected chi connectivity index (χ3v) is 3.02. The van der Waals surface area contributed by atoms with Gasteiger partial charge in [-0.15, -0.1) is 0 Å². The van der Waals surface area contributed by atoms with Gasteiger partial charge in [-0.1, -0.05) is 22.0 Å². The molecule has 0 heterocycles. The average molecular weight is 289 g/mol. The maximum atomic E-state index is 10.8. The lowest BCUT2D eigenvalue weighted by atomic mass is 9.96. The van der Waals surface area contributed by atoms with Crippen LogP contribution < -0.4 is 4.74 Å². The Kier molecular flexibility index (Phi) is 3.93. The quantitative estimate of drug-likeness (QED) is 0.887. The zero-order valence-corrected chi connectivity index (χ0v) is 10.6. The third-order valence-electron chi connectivity index (χ3n) is 2.28. The molecule has 0 spiro atoms. The van der Waals surface area contributed by atoms with Crippen LogP contribution in [0.4, 0.5) is 0 Å². The summed E-state index contributed by atoms with van der Waals surface area (Å²) >= 11 is 3.31. The Labute approximate surface area is 102 Å². The fraction of sp³-hybridized carbons (Fsp3) is 0.364.